The Morgan fingerprint density at radius 1 is 0.840 bits per heavy atom. The quantitative estimate of drug-likeness (QED) is 0.556. The Balaban J connectivity index is 2.31. The van der Waals surface area contributed by atoms with Crippen molar-refractivity contribution in [2.45, 2.75) is 90.9 Å². The first-order chi connectivity index (χ1) is 11.6. The first kappa shape index (κ1) is 16.9. The third-order valence-electron chi connectivity index (χ3n) is 7.18. The monoisotopic (exact) mass is 338 g/mol. The van der Waals surface area contributed by atoms with Gasteiger partial charge in [0.15, 0.2) is 0 Å². The molecular weight excluding hydrogens is 308 g/mol. The molecule has 2 aromatic rings. The van der Waals surface area contributed by atoms with E-state index in [9.17, 15) is 4.79 Å². The Hall–Kier alpha value is -1.57. The largest absolute Gasteiger partial charge is 0.422 e. The maximum Gasteiger partial charge on any atom is 0.339 e. The van der Waals surface area contributed by atoms with Crippen molar-refractivity contribution in [3.8, 4) is 0 Å². The van der Waals surface area contributed by atoms with E-state index in [4.69, 9.17) is 4.42 Å². The molecule has 2 aliphatic carbocycles. The van der Waals surface area contributed by atoms with Crippen molar-refractivity contribution in [3.05, 3.63) is 43.8 Å². The topological polar surface area (TPSA) is 30.2 Å². The highest BCUT2D eigenvalue weighted by Crippen LogP contribution is 2.56. The van der Waals surface area contributed by atoms with Gasteiger partial charge in [-0.25, -0.2) is 4.79 Å². The van der Waals surface area contributed by atoms with Crippen LogP contribution in [0.3, 0.4) is 0 Å². The lowest BCUT2D eigenvalue weighted by Gasteiger charge is -2.46. The van der Waals surface area contributed by atoms with Gasteiger partial charge in [-0.3, -0.25) is 0 Å². The number of hydrogen-bond donors (Lipinski definition) is 0. The summed E-state index contributed by atoms with van der Waals surface area (Å²) in [5.41, 5.74) is 8.51. The van der Waals surface area contributed by atoms with Crippen LogP contribution in [0.25, 0.3) is 11.0 Å². The molecule has 0 aliphatic heterocycles. The van der Waals surface area contributed by atoms with Crippen LogP contribution in [-0.4, -0.2) is 0 Å². The molecule has 134 valence electrons. The Morgan fingerprint density at radius 2 is 1.40 bits per heavy atom. The van der Waals surface area contributed by atoms with Crippen LogP contribution in [0.1, 0.15) is 92.7 Å². The van der Waals surface area contributed by atoms with Gasteiger partial charge in [-0.2, -0.15) is 0 Å². The summed E-state index contributed by atoms with van der Waals surface area (Å²) in [6.07, 6.45) is 4.91. The second-order valence-electron chi connectivity index (χ2n) is 9.67. The Labute approximate surface area is 150 Å². The summed E-state index contributed by atoms with van der Waals surface area (Å²) >= 11 is 0. The average Bonchev–Trinajstić information content (AvgIpc) is 2.50. The van der Waals surface area contributed by atoms with Gasteiger partial charge < -0.3 is 4.42 Å². The molecule has 4 rings (SSSR count). The molecular formula is C23H30O2. The molecule has 2 aliphatic rings. The lowest BCUT2D eigenvalue weighted by atomic mass is 9.58. The van der Waals surface area contributed by atoms with Crippen molar-refractivity contribution >= 4 is 11.0 Å². The highest BCUT2D eigenvalue weighted by Gasteiger charge is 2.44. The summed E-state index contributed by atoms with van der Waals surface area (Å²) in [6.45, 7) is 15.7. The van der Waals surface area contributed by atoms with E-state index >= 15 is 0 Å². The van der Waals surface area contributed by atoms with Crippen LogP contribution in [0.5, 0.6) is 0 Å². The second-order valence-corrected chi connectivity index (χ2v) is 9.67. The Bertz CT molecular complexity index is 955. The maximum atomic E-state index is 12.5. The summed E-state index contributed by atoms with van der Waals surface area (Å²) in [4.78, 5) is 12.5. The molecule has 0 spiro atoms. The van der Waals surface area contributed by atoms with E-state index in [0.29, 0.717) is 5.92 Å². The van der Waals surface area contributed by atoms with Crippen LogP contribution in [0, 0.1) is 20.8 Å². The van der Waals surface area contributed by atoms with Crippen LogP contribution >= 0.6 is 0 Å². The zero-order chi connectivity index (χ0) is 18.3. The van der Waals surface area contributed by atoms with Gasteiger partial charge in [0.25, 0.3) is 0 Å². The van der Waals surface area contributed by atoms with Gasteiger partial charge in [0.05, 0.1) is 0 Å². The molecule has 1 aromatic carbocycles. The van der Waals surface area contributed by atoms with E-state index in [1.54, 1.807) is 0 Å². The van der Waals surface area contributed by atoms with E-state index in [1.165, 1.54) is 53.3 Å². The number of hydrogen-bond acceptors (Lipinski definition) is 2. The average molecular weight is 338 g/mol. The van der Waals surface area contributed by atoms with E-state index in [1.807, 2.05) is 6.92 Å². The van der Waals surface area contributed by atoms with E-state index in [-0.39, 0.29) is 16.5 Å². The van der Waals surface area contributed by atoms with Gasteiger partial charge in [-0.1, -0.05) is 27.7 Å². The fourth-order valence-electron chi connectivity index (χ4n) is 5.64. The van der Waals surface area contributed by atoms with Crippen molar-refractivity contribution < 1.29 is 4.42 Å². The van der Waals surface area contributed by atoms with Gasteiger partial charge in [0.1, 0.15) is 5.58 Å². The van der Waals surface area contributed by atoms with Crippen LogP contribution in [0.15, 0.2) is 9.21 Å². The van der Waals surface area contributed by atoms with E-state index in [0.717, 1.165) is 16.7 Å². The van der Waals surface area contributed by atoms with Crippen molar-refractivity contribution in [2.75, 3.05) is 0 Å². The first-order valence-corrected chi connectivity index (χ1v) is 9.67. The molecule has 0 fully saturated rings. The number of benzene rings is 1. The molecule has 0 saturated heterocycles. The summed E-state index contributed by atoms with van der Waals surface area (Å²) in [6, 6.07) is 0. The van der Waals surface area contributed by atoms with E-state index in [2.05, 4.69) is 41.5 Å². The Kier molecular flexibility index (Phi) is 3.37. The minimum absolute atomic E-state index is 0.0532. The minimum Gasteiger partial charge on any atom is -0.422 e. The highest BCUT2D eigenvalue weighted by atomic mass is 16.4. The third-order valence-corrected chi connectivity index (χ3v) is 7.18. The van der Waals surface area contributed by atoms with Crippen LogP contribution in [0.2, 0.25) is 0 Å². The molecule has 1 aromatic heterocycles. The first-order valence-electron chi connectivity index (χ1n) is 9.67. The molecule has 0 radical (unpaired) electrons. The van der Waals surface area contributed by atoms with Crippen molar-refractivity contribution in [1.29, 1.82) is 0 Å². The Morgan fingerprint density at radius 3 is 2.00 bits per heavy atom. The zero-order valence-electron chi connectivity index (χ0n) is 16.7. The van der Waals surface area contributed by atoms with Gasteiger partial charge >= 0.3 is 5.63 Å². The molecule has 0 amide bonds. The zero-order valence-corrected chi connectivity index (χ0v) is 16.7. The molecule has 0 saturated carbocycles. The molecule has 2 nitrogen and oxygen atoms in total. The van der Waals surface area contributed by atoms with Gasteiger partial charge in [-0.15, -0.1) is 0 Å². The molecule has 1 unspecified atom stereocenters. The summed E-state index contributed by atoms with van der Waals surface area (Å²) < 4.78 is 5.97. The molecule has 25 heavy (non-hydrogen) atoms. The maximum absolute atomic E-state index is 12.5. The molecule has 0 N–H and O–H groups in total. The standard InChI is InChI=1S/C23H30O2/c1-12-13(2)21(24)25-20-16(12)14(3)18-17-15(8-10-22(18,4)5)9-11-23(6,7)19(17)20/h15H,8-11H2,1-7H3. The van der Waals surface area contributed by atoms with E-state index < -0.39 is 0 Å². The third kappa shape index (κ3) is 2.12. The highest BCUT2D eigenvalue weighted by molar-refractivity contribution is 5.91. The molecule has 2 heteroatoms. The van der Waals surface area contributed by atoms with Crippen LogP contribution in [0.4, 0.5) is 0 Å². The summed E-state index contributed by atoms with van der Waals surface area (Å²) in [7, 11) is 0. The van der Waals surface area contributed by atoms with Crippen LogP contribution < -0.4 is 5.63 Å². The SMILES string of the molecule is Cc1c(C)c2c(C)c3c4c(c2oc1=O)C(C)(C)CCC4CCC3(C)C. The van der Waals surface area contributed by atoms with Crippen molar-refractivity contribution in [1.82, 2.24) is 0 Å². The number of rotatable bonds is 0. The predicted molar refractivity (Wildman–Crippen MR) is 104 cm³/mol. The number of aryl methyl sites for hydroxylation is 2. The van der Waals surface area contributed by atoms with Crippen molar-refractivity contribution in [3.63, 3.8) is 0 Å². The molecule has 0 bridgehead atoms. The summed E-state index contributed by atoms with van der Waals surface area (Å²) in [5.74, 6) is 0.626. The fourth-order valence-corrected chi connectivity index (χ4v) is 5.64. The second kappa shape index (κ2) is 4.99. The molecule has 1 atom stereocenters. The molecule has 1 heterocycles. The summed E-state index contributed by atoms with van der Waals surface area (Å²) in [5, 5.41) is 1.19. The smallest absolute Gasteiger partial charge is 0.339 e. The normalized spacial score (nSPS) is 23.6. The minimum atomic E-state index is -0.173. The van der Waals surface area contributed by atoms with Gasteiger partial charge in [0.2, 0.25) is 0 Å². The van der Waals surface area contributed by atoms with Gasteiger partial charge in [0, 0.05) is 16.5 Å². The number of fused-ring (bicyclic) bond motifs is 2. The van der Waals surface area contributed by atoms with Crippen LogP contribution in [-0.2, 0) is 10.8 Å². The van der Waals surface area contributed by atoms with Gasteiger partial charge in [-0.05, 0) is 85.5 Å². The lowest BCUT2D eigenvalue weighted by Crippen LogP contribution is -2.36. The predicted octanol–water partition coefficient (Wildman–Crippen LogP) is 5.94. The fraction of sp³-hybridized carbons (Fsp3) is 0.609. The lowest BCUT2D eigenvalue weighted by molar-refractivity contribution is 0.318. The van der Waals surface area contributed by atoms with Crippen molar-refractivity contribution in [2.24, 2.45) is 0 Å².